The summed E-state index contributed by atoms with van der Waals surface area (Å²) in [5.74, 6) is 0.978. The van der Waals surface area contributed by atoms with Crippen molar-refractivity contribution in [3.63, 3.8) is 0 Å². The zero-order valence-electron chi connectivity index (χ0n) is 7.35. The summed E-state index contributed by atoms with van der Waals surface area (Å²) in [4.78, 5) is 0. The van der Waals surface area contributed by atoms with Gasteiger partial charge < -0.3 is 10.5 Å². The monoisotopic (exact) mass is 241 g/mol. The summed E-state index contributed by atoms with van der Waals surface area (Å²) in [6.45, 7) is 0.815. The first-order chi connectivity index (χ1) is 6.27. The van der Waals surface area contributed by atoms with Crippen molar-refractivity contribution in [1.82, 2.24) is 0 Å². The predicted molar refractivity (Wildman–Crippen MR) is 57.0 cm³/mol. The molecule has 0 spiro atoms. The smallest absolute Gasteiger partial charge is 0.136 e. The molecule has 0 saturated heterocycles. The lowest BCUT2D eigenvalue weighted by molar-refractivity contribution is 0.315. The van der Waals surface area contributed by atoms with Crippen LogP contribution in [0, 0.1) is 0 Å². The maximum Gasteiger partial charge on any atom is 0.136 e. The summed E-state index contributed by atoms with van der Waals surface area (Å²) in [5, 5.41) is 0. The van der Waals surface area contributed by atoms with Gasteiger partial charge in [0.05, 0.1) is 11.1 Å². The van der Waals surface area contributed by atoms with E-state index < -0.39 is 0 Å². The maximum atomic E-state index is 5.75. The molecule has 0 fully saturated rings. The summed E-state index contributed by atoms with van der Waals surface area (Å²) < 4.78 is 6.61. The van der Waals surface area contributed by atoms with Crippen molar-refractivity contribution in [2.24, 2.45) is 0 Å². The number of halogens is 1. The van der Waals surface area contributed by atoms with Gasteiger partial charge in [-0.15, -0.1) is 0 Å². The van der Waals surface area contributed by atoms with Crippen LogP contribution in [0.2, 0.25) is 0 Å². The van der Waals surface area contributed by atoms with Crippen molar-refractivity contribution < 1.29 is 4.74 Å². The van der Waals surface area contributed by atoms with E-state index in [1.54, 1.807) is 0 Å². The topological polar surface area (TPSA) is 35.2 Å². The van der Waals surface area contributed by atoms with Gasteiger partial charge in [-0.2, -0.15) is 0 Å². The van der Waals surface area contributed by atoms with Crippen LogP contribution in [0.1, 0.15) is 18.4 Å². The van der Waals surface area contributed by atoms with Gasteiger partial charge in [-0.1, -0.05) is 0 Å². The molecule has 1 aliphatic heterocycles. The molecule has 1 aromatic carbocycles. The number of hydrogen-bond acceptors (Lipinski definition) is 2. The highest BCUT2D eigenvalue weighted by molar-refractivity contribution is 9.10. The molecule has 1 heterocycles. The Balaban J connectivity index is 2.47. The van der Waals surface area contributed by atoms with Gasteiger partial charge in [-0.25, -0.2) is 0 Å². The number of fused-ring (bicyclic) bond motifs is 1. The summed E-state index contributed by atoms with van der Waals surface area (Å²) in [6.07, 6.45) is 3.38. The molecule has 0 unspecified atom stereocenters. The standard InChI is InChI=1S/C10H12BrNO/c11-9-6-8(12)5-7-3-1-2-4-13-10(7)9/h5-6H,1-4,12H2. The van der Waals surface area contributed by atoms with Crippen LogP contribution in [-0.4, -0.2) is 6.61 Å². The number of aryl methyl sites for hydroxylation is 1. The minimum atomic E-state index is 0.802. The summed E-state index contributed by atoms with van der Waals surface area (Å²) >= 11 is 3.46. The Labute approximate surface area is 86.2 Å². The van der Waals surface area contributed by atoms with Gasteiger partial charge in [0.1, 0.15) is 5.75 Å². The summed E-state index contributed by atoms with van der Waals surface area (Å²) in [7, 11) is 0. The second-order valence-electron chi connectivity index (χ2n) is 3.30. The molecule has 0 aromatic heterocycles. The lowest BCUT2D eigenvalue weighted by atomic mass is 10.1. The number of rotatable bonds is 0. The Kier molecular flexibility index (Phi) is 2.44. The van der Waals surface area contributed by atoms with E-state index in [4.69, 9.17) is 10.5 Å². The molecule has 70 valence electrons. The number of ether oxygens (including phenoxy) is 1. The SMILES string of the molecule is Nc1cc(Br)c2c(c1)CCCCO2. The fraction of sp³-hybridized carbons (Fsp3) is 0.400. The molecule has 3 heteroatoms. The Morgan fingerprint density at radius 2 is 2.15 bits per heavy atom. The van der Waals surface area contributed by atoms with E-state index in [0.29, 0.717) is 0 Å². The van der Waals surface area contributed by atoms with Crippen LogP contribution in [-0.2, 0) is 6.42 Å². The minimum absolute atomic E-state index is 0.802. The maximum absolute atomic E-state index is 5.75. The van der Waals surface area contributed by atoms with Crippen LogP contribution in [0.15, 0.2) is 16.6 Å². The average Bonchev–Trinajstić information content (AvgIpc) is 2.28. The van der Waals surface area contributed by atoms with Crippen LogP contribution in [0.25, 0.3) is 0 Å². The first-order valence-corrected chi connectivity index (χ1v) is 5.27. The van der Waals surface area contributed by atoms with Crippen molar-refractivity contribution in [3.05, 3.63) is 22.2 Å². The fourth-order valence-electron chi connectivity index (χ4n) is 1.61. The van der Waals surface area contributed by atoms with E-state index in [1.165, 1.54) is 12.0 Å². The van der Waals surface area contributed by atoms with Gasteiger partial charge >= 0.3 is 0 Å². The molecule has 0 saturated carbocycles. The van der Waals surface area contributed by atoms with E-state index in [1.807, 2.05) is 12.1 Å². The summed E-state index contributed by atoms with van der Waals surface area (Å²) in [5.41, 5.74) is 7.78. The molecule has 13 heavy (non-hydrogen) atoms. The molecule has 0 radical (unpaired) electrons. The van der Waals surface area contributed by atoms with Gasteiger partial charge in [-0.05, 0) is 52.9 Å². The lowest BCUT2D eigenvalue weighted by Crippen LogP contribution is -1.97. The van der Waals surface area contributed by atoms with Gasteiger partial charge in [-0.3, -0.25) is 0 Å². The van der Waals surface area contributed by atoms with Crippen LogP contribution in [0.3, 0.4) is 0 Å². The second kappa shape index (κ2) is 3.58. The molecule has 2 nitrogen and oxygen atoms in total. The van der Waals surface area contributed by atoms with Crippen molar-refractivity contribution in [1.29, 1.82) is 0 Å². The largest absolute Gasteiger partial charge is 0.492 e. The Bertz CT molecular complexity index is 325. The molecule has 2 rings (SSSR count). The third-order valence-corrected chi connectivity index (χ3v) is 2.82. The highest BCUT2D eigenvalue weighted by atomic mass is 79.9. The molecule has 1 aliphatic rings. The molecule has 0 amide bonds. The number of benzene rings is 1. The van der Waals surface area contributed by atoms with E-state index in [0.717, 1.165) is 35.4 Å². The fourth-order valence-corrected chi connectivity index (χ4v) is 2.25. The van der Waals surface area contributed by atoms with Crippen LogP contribution in [0.5, 0.6) is 5.75 Å². The Hall–Kier alpha value is -0.700. The Morgan fingerprint density at radius 1 is 1.31 bits per heavy atom. The van der Waals surface area contributed by atoms with Crippen LogP contribution >= 0.6 is 15.9 Å². The third kappa shape index (κ3) is 1.80. The third-order valence-electron chi connectivity index (χ3n) is 2.23. The number of nitrogens with two attached hydrogens (primary N) is 1. The number of nitrogen functional groups attached to an aromatic ring is 1. The zero-order valence-corrected chi connectivity index (χ0v) is 8.93. The average molecular weight is 242 g/mol. The second-order valence-corrected chi connectivity index (χ2v) is 4.15. The molecule has 0 aliphatic carbocycles. The van der Waals surface area contributed by atoms with Crippen molar-refractivity contribution >= 4 is 21.6 Å². The molecule has 0 bridgehead atoms. The molecular formula is C10H12BrNO. The van der Waals surface area contributed by atoms with Crippen molar-refractivity contribution in [2.75, 3.05) is 12.3 Å². The highest BCUT2D eigenvalue weighted by Crippen LogP contribution is 2.34. The van der Waals surface area contributed by atoms with Crippen LogP contribution < -0.4 is 10.5 Å². The van der Waals surface area contributed by atoms with E-state index >= 15 is 0 Å². The number of hydrogen-bond donors (Lipinski definition) is 1. The van der Waals surface area contributed by atoms with Crippen molar-refractivity contribution in [2.45, 2.75) is 19.3 Å². The predicted octanol–water partition coefficient (Wildman–Crippen LogP) is 2.75. The van der Waals surface area contributed by atoms with Crippen molar-refractivity contribution in [3.8, 4) is 5.75 Å². The summed E-state index contributed by atoms with van der Waals surface area (Å²) in [6, 6.07) is 3.90. The van der Waals surface area contributed by atoms with Gasteiger partial charge in [0.15, 0.2) is 0 Å². The first kappa shape index (κ1) is 8.88. The number of anilines is 1. The van der Waals surface area contributed by atoms with E-state index in [9.17, 15) is 0 Å². The van der Waals surface area contributed by atoms with Gasteiger partial charge in [0, 0.05) is 5.69 Å². The van der Waals surface area contributed by atoms with E-state index in [-0.39, 0.29) is 0 Å². The Morgan fingerprint density at radius 3 is 3.00 bits per heavy atom. The first-order valence-electron chi connectivity index (χ1n) is 4.48. The van der Waals surface area contributed by atoms with Gasteiger partial charge in [0.2, 0.25) is 0 Å². The molecule has 2 N–H and O–H groups in total. The van der Waals surface area contributed by atoms with E-state index in [2.05, 4.69) is 15.9 Å². The molecule has 0 atom stereocenters. The normalized spacial score (nSPS) is 15.8. The van der Waals surface area contributed by atoms with Gasteiger partial charge in [0.25, 0.3) is 0 Å². The highest BCUT2D eigenvalue weighted by Gasteiger charge is 2.12. The minimum Gasteiger partial charge on any atom is -0.492 e. The quantitative estimate of drug-likeness (QED) is 0.710. The zero-order chi connectivity index (χ0) is 9.26. The van der Waals surface area contributed by atoms with Crippen LogP contribution in [0.4, 0.5) is 5.69 Å². The molecule has 1 aromatic rings. The molecular weight excluding hydrogens is 230 g/mol. The lowest BCUT2D eigenvalue weighted by Gasteiger charge is -2.09.